The molecule has 0 aromatic carbocycles. The monoisotopic (exact) mass is 285 g/mol. The topological polar surface area (TPSA) is 119 Å². The Kier molecular flexibility index (Phi) is 3.51. The van der Waals surface area contributed by atoms with E-state index in [9.17, 15) is 13.2 Å². The normalized spacial score (nSPS) is 11.2. The summed E-state index contributed by atoms with van der Waals surface area (Å²) in [4.78, 5) is 11.0. The molecule has 0 aliphatic carbocycles. The summed E-state index contributed by atoms with van der Waals surface area (Å²) in [5.41, 5.74) is 0.241. The quantitative estimate of drug-likeness (QED) is 0.720. The Balaban J connectivity index is 2.10. The first kappa shape index (κ1) is 13.1. The molecule has 0 saturated heterocycles. The van der Waals surface area contributed by atoms with Crippen molar-refractivity contribution in [1.82, 2.24) is 20.0 Å². The van der Waals surface area contributed by atoms with Crippen LogP contribution in [0.2, 0.25) is 0 Å². The van der Waals surface area contributed by atoms with Crippen LogP contribution in [0.4, 0.5) is 5.69 Å². The number of anilines is 1. The third-order valence-electron chi connectivity index (χ3n) is 2.19. The van der Waals surface area contributed by atoms with E-state index in [1.165, 1.54) is 36.6 Å². The Morgan fingerprint density at radius 1 is 1.53 bits per heavy atom. The summed E-state index contributed by atoms with van der Waals surface area (Å²) in [6.07, 6.45) is 5.11. The van der Waals surface area contributed by atoms with Crippen molar-refractivity contribution in [2.24, 2.45) is 0 Å². The van der Waals surface area contributed by atoms with E-state index in [1.54, 1.807) is 0 Å². The third-order valence-corrected chi connectivity index (χ3v) is 3.54. The summed E-state index contributed by atoms with van der Waals surface area (Å²) >= 11 is 0. The minimum absolute atomic E-state index is 0.00761. The number of nitrogens with one attached hydrogen (secondary N) is 2. The number of H-pyrrole nitrogens is 1. The fourth-order valence-corrected chi connectivity index (χ4v) is 2.23. The molecule has 0 saturated carbocycles. The molecule has 0 spiro atoms. The van der Waals surface area contributed by atoms with E-state index in [0.29, 0.717) is 0 Å². The number of sulfonamides is 1. The number of hydrogen-bond acceptors (Lipinski definition) is 6. The summed E-state index contributed by atoms with van der Waals surface area (Å²) in [5, 5.41) is 9.80. The molecule has 0 bridgehead atoms. The number of hydrogen-bond donors (Lipinski definition) is 2. The number of aromatic amines is 1. The van der Waals surface area contributed by atoms with E-state index in [0.717, 1.165) is 0 Å². The highest BCUT2D eigenvalue weighted by Crippen LogP contribution is 2.13. The highest BCUT2D eigenvalue weighted by molar-refractivity contribution is 7.92. The maximum atomic E-state index is 11.9. The number of carbonyl (C=O) groups excluding carboxylic acids is 1. The lowest BCUT2D eigenvalue weighted by atomic mass is 10.6. The van der Waals surface area contributed by atoms with Crippen molar-refractivity contribution < 1.29 is 17.9 Å². The molecule has 2 aromatic heterocycles. The number of ether oxygens (including phenoxy) is 1. The average Bonchev–Trinajstić information content (AvgIpc) is 3.00. The first-order valence-electron chi connectivity index (χ1n) is 5.12. The van der Waals surface area contributed by atoms with Gasteiger partial charge in [0.2, 0.25) is 0 Å². The average molecular weight is 285 g/mol. The largest absolute Gasteiger partial charge is 0.468 e. The Bertz CT molecular complexity index is 661. The fraction of sp³-hybridized carbons (Fsp3) is 0.222. The molecule has 2 rings (SSSR count). The molecule has 2 N–H and O–H groups in total. The fourth-order valence-electron chi connectivity index (χ4n) is 1.30. The van der Waals surface area contributed by atoms with Crippen molar-refractivity contribution >= 4 is 21.7 Å². The van der Waals surface area contributed by atoms with Gasteiger partial charge in [-0.25, -0.2) is 8.42 Å². The zero-order valence-electron chi connectivity index (χ0n) is 9.90. The van der Waals surface area contributed by atoms with Gasteiger partial charge in [0.05, 0.1) is 25.2 Å². The molecular weight excluding hydrogens is 274 g/mol. The van der Waals surface area contributed by atoms with E-state index >= 15 is 0 Å². The van der Waals surface area contributed by atoms with Gasteiger partial charge in [-0.1, -0.05) is 0 Å². The van der Waals surface area contributed by atoms with Crippen LogP contribution in [0.15, 0.2) is 29.7 Å². The van der Waals surface area contributed by atoms with Gasteiger partial charge in [-0.05, 0) is 0 Å². The minimum atomic E-state index is -3.70. The van der Waals surface area contributed by atoms with Crippen molar-refractivity contribution in [3.63, 3.8) is 0 Å². The first-order valence-corrected chi connectivity index (χ1v) is 6.60. The van der Waals surface area contributed by atoms with Gasteiger partial charge in [0, 0.05) is 12.4 Å². The Morgan fingerprint density at radius 2 is 2.32 bits per heavy atom. The van der Waals surface area contributed by atoms with Crippen molar-refractivity contribution in [2.45, 2.75) is 11.4 Å². The summed E-state index contributed by atoms with van der Waals surface area (Å²) in [5.74, 6) is -0.479. The lowest BCUT2D eigenvalue weighted by Crippen LogP contribution is -2.13. The SMILES string of the molecule is COC(=O)Cn1cc(NS(=O)(=O)c2cn[nH]c2)cn1. The third kappa shape index (κ3) is 3.10. The maximum absolute atomic E-state index is 11.9. The molecular formula is C9H11N5O4S. The van der Waals surface area contributed by atoms with Gasteiger partial charge < -0.3 is 4.74 Å². The van der Waals surface area contributed by atoms with Crippen LogP contribution in [0.3, 0.4) is 0 Å². The van der Waals surface area contributed by atoms with E-state index in [4.69, 9.17) is 0 Å². The predicted octanol–water partition coefficient (Wildman–Crippen LogP) is -0.420. The number of nitrogens with zero attached hydrogens (tertiary/aromatic N) is 3. The second kappa shape index (κ2) is 5.10. The first-order chi connectivity index (χ1) is 9.01. The lowest BCUT2D eigenvalue weighted by molar-refractivity contribution is -0.141. The molecule has 0 aliphatic rings. The van der Waals surface area contributed by atoms with E-state index in [2.05, 4.69) is 24.8 Å². The van der Waals surface area contributed by atoms with Crippen LogP contribution in [0.25, 0.3) is 0 Å². The Hall–Kier alpha value is -2.36. The van der Waals surface area contributed by atoms with Crippen LogP contribution in [-0.2, 0) is 26.1 Å². The van der Waals surface area contributed by atoms with Crippen LogP contribution in [0.5, 0.6) is 0 Å². The standard InChI is InChI=1S/C9H11N5O4S/c1-18-9(15)6-14-5-7(2-12-14)13-19(16,17)8-3-10-11-4-8/h2-5,13H,6H2,1H3,(H,10,11). The predicted molar refractivity (Wildman–Crippen MR) is 63.6 cm³/mol. The van der Waals surface area contributed by atoms with E-state index < -0.39 is 16.0 Å². The molecule has 2 heterocycles. The molecule has 10 heteroatoms. The van der Waals surface area contributed by atoms with Gasteiger partial charge in [0.15, 0.2) is 0 Å². The second-order valence-corrected chi connectivity index (χ2v) is 5.22. The van der Waals surface area contributed by atoms with Gasteiger partial charge in [-0.2, -0.15) is 10.2 Å². The van der Waals surface area contributed by atoms with Gasteiger partial charge in [-0.3, -0.25) is 19.3 Å². The zero-order valence-corrected chi connectivity index (χ0v) is 10.7. The molecule has 102 valence electrons. The summed E-state index contributed by atoms with van der Waals surface area (Å²) in [6.45, 7) is -0.0933. The molecule has 9 nitrogen and oxygen atoms in total. The van der Waals surface area contributed by atoms with Gasteiger partial charge in [0.1, 0.15) is 11.4 Å². The molecule has 0 fully saturated rings. The zero-order chi connectivity index (χ0) is 13.9. The van der Waals surface area contributed by atoms with Crippen LogP contribution in [-0.4, -0.2) is 41.5 Å². The van der Waals surface area contributed by atoms with Gasteiger partial charge >= 0.3 is 5.97 Å². The summed E-state index contributed by atoms with van der Waals surface area (Å²) in [7, 11) is -2.45. The number of aromatic nitrogens is 4. The van der Waals surface area contributed by atoms with Crippen LogP contribution < -0.4 is 4.72 Å². The number of esters is 1. The smallest absolute Gasteiger partial charge is 0.327 e. The molecule has 0 unspecified atom stereocenters. The molecule has 0 atom stereocenters. The van der Waals surface area contributed by atoms with Crippen molar-refractivity contribution in [3.05, 3.63) is 24.8 Å². The number of carbonyl (C=O) groups is 1. The molecule has 0 aliphatic heterocycles. The van der Waals surface area contributed by atoms with Crippen molar-refractivity contribution in [3.8, 4) is 0 Å². The highest BCUT2D eigenvalue weighted by Gasteiger charge is 2.16. The molecule has 0 amide bonds. The maximum Gasteiger partial charge on any atom is 0.327 e. The lowest BCUT2D eigenvalue weighted by Gasteiger charge is -2.02. The van der Waals surface area contributed by atoms with E-state index in [-0.39, 0.29) is 17.1 Å². The number of methoxy groups -OCH3 is 1. The van der Waals surface area contributed by atoms with E-state index in [1.807, 2.05) is 0 Å². The highest BCUT2D eigenvalue weighted by atomic mass is 32.2. The summed E-state index contributed by atoms with van der Waals surface area (Å²) in [6, 6.07) is 0. The summed E-state index contributed by atoms with van der Waals surface area (Å²) < 4.78 is 31.7. The molecule has 19 heavy (non-hydrogen) atoms. The van der Waals surface area contributed by atoms with Crippen LogP contribution >= 0.6 is 0 Å². The Labute approximate surface area is 108 Å². The van der Waals surface area contributed by atoms with Gasteiger partial charge in [0.25, 0.3) is 10.0 Å². The molecule has 2 aromatic rings. The van der Waals surface area contributed by atoms with Gasteiger partial charge in [-0.15, -0.1) is 0 Å². The van der Waals surface area contributed by atoms with Crippen LogP contribution in [0.1, 0.15) is 0 Å². The Morgan fingerprint density at radius 3 is 2.95 bits per heavy atom. The minimum Gasteiger partial charge on any atom is -0.468 e. The van der Waals surface area contributed by atoms with Crippen molar-refractivity contribution in [2.75, 3.05) is 11.8 Å². The van der Waals surface area contributed by atoms with Crippen molar-refractivity contribution in [1.29, 1.82) is 0 Å². The number of rotatable bonds is 5. The second-order valence-electron chi connectivity index (χ2n) is 3.54. The van der Waals surface area contributed by atoms with Crippen LogP contribution in [0, 0.1) is 0 Å². The molecule has 0 radical (unpaired) electrons.